The molecule has 0 aliphatic carbocycles. The smallest absolute Gasteiger partial charge is 0.123 e. The minimum absolute atomic E-state index is 0.280. The highest BCUT2D eigenvalue weighted by atomic mass is 35.5. The highest BCUT2D eigenvalue weighted by Gasteiger charge is 2.06. The van der Waals surface area contributed by atoms with E-state index in [0.29, 0.717) is 0 Å². The van der Waals surface area contributed by atoms with E-state index in [1.165, 1.54) is 4.42 Å². The molecule has 0 aromatic heterocycles. The predicted molar refractivity (Wildman–Crippen MR) is 59.9 cm³/mol. The minimum Gasteiger partial charge on any atom is -0.507 e. The second kappa shape index (κ2) is 3.39. The van der Waals surface area contributed by atoms with Crippen LogP contribution >= 0.6 is 11.8 Å². The lowest BCUT2D eigenvalue weighted by Crippen LogP contribution is -2.00. The number of hydrogen-bond acceptors (Lipinski definition) is 2. The molecule has 2 rings (SSSR count). The lowest BCUT2D eigenvalue weighted by molar-refractivity contribution is 0.481. The van der Waals surface area contributed by atoms with E-state index in [9.17, 15) is 5.11 Å². The predicted octanol–water partition coefficient (Wildman–Crippen LogP) is 3.14. The molecule has 0 spiro atoms. The zero-order valence-corrected chi connectivity index (χ0v) is 8.49. The van der Waals surface area contributed by atoms with Crippen molar-refractivity contribution in [3.05, 3.63) is 36.4 Å². The van der Waals surface area contributed by atoms with Gasteiger partial charge in [-0.2, -0.15) is 0 Å². The Labute approximate surface area is 87.4 Å². The van der Waals surface area contributed by atoms with Crippen LogP contribution < -0.4 is 4.42 Å². The Balaban J connectivity index is 2.82. The number of hydrogen-bond donors (Lipinski definition) is 1. The molecule has 0 saturated carbocycles. The first-order valence-electron chi connectivity index (χ1n) is 4.30. The largest absolute Gasteiger partial charge is 0.507 e. The van der Waals surface area contributed by atoms with Crippen molar-refractivity contribution in [1.82, 2.24) is 0 Å². The zero-order chi connectivity index (χ0) is 10.1. The maximum Gasteiger partial charge on any atom is 0.123 e. The number of anilines is 1. The molecule has 0 aliphatic rings. The van der Waals surface area contributed by atoms with Crippen molar-refractivity contribution in [1.29, 1.82) is 0 Å². The number of rotatable bonds is 1. The highest BCUT2D eigenvalue weighted by Crippen LogP contribution is 2.32. The quantitative estimate of drug-likeness (QED) is 0.727. The summed E-state index contributed by atoms with van der Waals surface area (Å²) >= 11 is 5.89. The molecule has 1 N–H and O–H groups in total. The first-order valence-corrected chi connectivity index (χ1v) is 4.64. The summed E-state index contributed by atoms with van der Waals surface area (Å²) in [6, 6.07) is 11.1. The molecule has 2 nitrogen and oxygen atoms in total. The number of phenolic OH excluding ortho intramolecular Hbond substituents is 1. The monoisotopic (exact) mass is 207 g/mol. The van der Waals surface area contributed by atoms with Gasteiger partial charge in [0, 0.05) is 29.6 Å². The Hall–Kier alpha value is -1.41. The average molecular weight is 208 g/mol. The van der Waals surface area contributed by atoms with Crippen LogP contribution in [-0.2, 0) is 0 Å². The van der Waals surface area contributed by atoms with Crippen molar-refractivity contribution in [3.8, 4) is 5.75 Å². The van der Waals surface area contributed by atoms with Gasteiger partial charge in [0.25, 0.3) is 0 Å². The van der Waals surface area contributed by atoms with Gasteiger partial charge >= 0.3 is 0 Å². The molecular formula is C11H10ClNO. The topological polar surface area (TPSA) is 23.5 Å². The number of aromatic hydroxyl groups is 1. The molecule has 14 heavy (non-hydrogen) atoms. The summed E-state index contributed by atoms with van der Waals surface area (Å²) in [7, 11) is 1.76. The van der Waals surface area contributed by atoms with Crippen molar-refractivity contribution >= 4 is 28.2 Å². The second-order valence-corrected chi connectivity index (χ2v) is 3.63. The highest BCUT2D eigenvalue weighted by molar-refractivity contribution is 6.27. The van der Waals surface area contributed by atoms with Crippen LogP contribution in [0.5, 0.6) is 5.75 Å². The van der Waals surface area contributed by atoms with Crippen molar-refractivity contribution in [2.45, 2.75) is 0 Å². The molecule has 0 radical (unpaired) electrons. The molecule has 0 unspecified atom stereocenters. The van der Waals surface area contributed by atoms with Gasteiger partial charge in [-0.1, -0.05) is 24.3 Å². The van der Waals surface area contributed by atoms with E-state index in [0.717, 1.165) is 16.5 Å². The summed E-state index contributed by atoms with van der Waals surface area (Å²) in [5, 5.41) is 11.4. The van der Waals surface area contributed by atoms with Gasteiger partial charge < -0.3 is 5.11 Å². The van der Waals surface area contributed by atoms with Gasteiger partial charge in [0.15, 0.2) is 0 Å². The lowest BCUT2D eigenvalue weighted by atomic mass is 10.1. The third-order valence-corrected chi connectivity index (χ3v) is 2.39. The van der Waals surface area contributed by atoms with Crippen LogP contribution in [0.4, 0.5) is 5.69 Å². The van der Waals surface area contributed by atoms with E-state index >= 15 is 0 Å². The van der Waals surface area contributed by atoms with E-state index in [2.05, 4.69) is 0 Å². The van der Waals surface area contributed by atoms with Gasteiger partial charge in [0.1, 0.15) is 5.75 Å². The first kappa shape index (κ1) is 9.16. The van der Waals surface area contributed by atoms with Crippen molar-refractivity contribution < 1.29 is 5.11 Å². The third-order valence-electron chi connectivity index (χ3n) is 2.21. The van der Waals surface area contributed by atoms with Crippen LogP contribution in [0, 0.1) is 0 Å². The van der Waals surface area contributed by atoms with E-state index in [1.54, 1.807) is 19.2 Å². The number of nitrogens with zero attached hydrogens (tertiary/aromatic N) is 1. The number of benzene rings is 2. The van der Waals surface area contributed by atoms with E-state index in [-0.39, 0.29) is 5.75 Å². The number of phenols is 1. The van der Waals surface area contributed by atoms with Crippen LogP contribution in [0.25, 0.3) is 10.8 Å². The molecular weight excluding hydrogens is 198 g/mol. The lowest BCUT2D eigenvalue weighted by Gasteiger charge is -2.12. The van der Waals surface area contributed by atoms with Gasteiger partial charge in [-0.3, -0.25) is 4.42 Å². The Kier molecular flexibility index (Phi) is 2.22. The van der Waals surface area contributed by atoms with Crippen molar-refractivity contribution in [2.75, 3.05) is 11.5 Å². The van der Waals surface area contributed by atoms with Crippen molar-refractivity contribution in [3.63, 3.8) is 0 Å². The molecule has 0 fully saturated rings. The Morgan fingerprint density at radius 1 is 1.07 bits per heavy atom. The Morgan fingerprint density at radius 3 is 2.36 bits per heavy atom. The molecule has 0 atom stereocenters. The molecule has 2 aromatic rings. The normalized spacial score (nSPS) is 10.4. The first-order chi connectivity index (χ1) is 6.70. The molecule has 2 aromatic carbocycles. The van der Waals surface area contributed by atoms with Crippen LogP contribution in [0.15, 0.2) is 36.4 Å². The number of halogens is 1. The maximum atomic E-state index is 9.62. The summed E-state index contributed by atoms with van der Waals surface area (Å²) in [6.45, 7) is 0. The third kappa shape index (κ3) is 1.38. The summed E-state index contributed by atoms with van der Waals surface area (Å²) < 4.78 is 1.52. The average Bonchev–Trinajstić information content (AvgIpc) is 2.18. The van der Waals surface area contributed by atoms with Crippen LogP contribution in [0.2, 0.25) is 0 Å². The maximum absolute atomic E-state index is 9.62. The summed E-state index contributed by atoms with van der Waals surface area (Å²) in [5.74, 6) is 0.280. The fourth-order valence-corrected chi connectivity index (χ4v) is 1.68. The van der Waals surface area contributed by atoms with Crippen LogP contribution in [0.1, 0.15) is 0 Å². The van der Waals surface area contributed by atoms with Crippen LogP contribution in [-0.4, -0.2) is 12.2 Å². The number of fused-ring (bicyclic) bond motifs is 1. The van der Waals surface area contributed by atoms with E-state index in [4.69, 9.17) is 11.8 Å². The Morgan fingerprint density at radius 2 is 1.71 bits per heavy atom. The SMILES string of the molecule is CN(Cl)c1ccc(O)c2ccccc12. The molecule has 72 valence electrons. The zero-order valence-electron chi connectivity index (χ0n) is 7.74. The second-order valence-electron chi connectivity index (χ2n) is 3.13. The van der Waals surface area contributed by atoms with Gasteiger partial charge in [0.2, 0.25) is 0 Å². The van der Waals surface area contributed by atoms with Gasteiger partial charge in [-0.05, 0) is 12.1 Å². The van der Waals surface area contributed by atoms with Gasteiger partial charge in [0.05, 0.1) is 5.69 Å². The summed E-state index contributed by atoms with van der Waals surface area (Å²) in [5.41, 5.74) is 0.889. The van der Waals surface area contributed by atoms with Crippen molar-refractivity contribution in [2.24, 2.45) is 0 Å². The molecule has 0 aliphatic heterocycles. The fourth-order valence-electron chi connectivity index (χ4n) is 1.54. The molecule has 0 saturated heterocycles. The summed E-state index contributed by atoms with van der Waals surface area (Å²) in [6.07, 6.45) is 0. The Bertz CT molecular complexity index is 468. The molecule has 3 heteroatoms. The summed E-state index contributed by atoms with van der Waals surface area (Å²) in [4.78, 5) is 0. The minimum atomic E-state index is 0.280. The fraction of sp³-hybridized carbons (Fsp3) is 0.0909. The van der Waals surface area contributed by atoms with E-state index < -0.39 is 0 Å². The molecule has 0 amide bonds. The molecule has 0 bridgehead atoms. The van der Waals surface area contributed by atoms with Gasteiger partial charge in [-0.25, -0.2) is 0 Å². The van der Waals surface area contributed by atoms with Gasteiger partial charge in [-0.15, -0.1) is 0 Å². The standard InChI is InChI=1S/C11H10ClNO/c1-13(12)10-6-7-11(14)9-5-3-2-4-8(9)10/h2-7,14H,1H3. The molecule has 0 heterocycles. The van der Waals surface area contributed by atoms with Crippen LogP contribution in [0.3, 0.4) is 0 Å². The van der Waals surface area contributed by atoms with E-state index in [1.807, 2.05) is 24.3 Å².